The van der Waals surface area contributed by atoms with Crippen molar-refractivity contribution >= 4 is 35.2 Å². The topological polar surface area (TPSA) is 196 Å². The molecule has 1 fully saturated rings. The van der Waals surface area contributed by atoms with Crippen molar-refractivity contribution in [2.24, 2.45) is 5.92 Å². The number of amides is 4. The number of carbonyl (C=O) groups is 4. The van der Waals surface area contributed by atoms with E-state index in [1.807, 2.05) is 20.0 Å². The van der Waals surface area contributed by atoms with Gasteiger partial charge in [0, 0.05) is 62.4 Å². The molecule has 4 bridgehead atoms. The van der Waals surface area contributed by atoms with Gasteiger partial charge in [-0.15, -0.1) is 5.10 Å². The molecule has 3 aliphatic rings. The molecule has 49 heavy (non-hydrogen) atoms. The molecule has 4 amide bonds. The molecule has 0 radical (unpaired) electrons. The number of ether oxygens (including phenoxy) is 1. The third-order valence-electron chi connectivity index (χ3n) is 8.40. The van der Waals surface area contributed by atoms with Crippen molar-refractivity contribution in [3.8, 4) is 5.75 Å². The Kier molecular flexibility index (Phi) is 11.9. The molecular weight excluding hydrogens is 654 g/mol. The van der Waals surface area contributed by atoms with Gasteiger partial charge in [-0.25, -0.2) is 0 Å². The molecule has 16 heteroatoms. The van der Waals surface area contributed by atoms with Crippen LogP contribution in [0.2, 0.25) is 5.02 Å². The van der Waals surface area contributed by atoms with E-state index in [-0.39, 0.29) is 35.5 Å². The molecule has 1 aromatic carbocycles. The van der Waals surface area contributed by atoms with E-state index in [9.17, 15) is 24.3 Å². The number of rotatable bonds is 5. The highest BCUT2D eigenvalue weighted by atomic mass is 35.5. The van der Waals surface area contributed by atoms with Gasteiger partial charge >= 0.3 is 0 Å². The number of H-pyrrole nitrogens is 1. The molecule has 2 aromatic heterocycles. The van der Waals surface area contributed by atoms with Crippen LogP contribution in [-0.4, -0.2) is 103 Å². The predicted octanol–water partition coefficient (Wildman–Crippen LogP) is 1.83. The maximum Gasteiger partial charge on any atom is 0.274 e. The monoisotopic (exact) mass is 697 g/mol. The molecule has 0 saturated heterocycles. The quantitative estimate of drug-likeness (QED) is 0.247. The lowest BCUT2D eigenvalue weighted by Gasteiger charge is -2.26. The van der Waals surface area contributed by atoms with Crippen LogP contribution < -0.4 is 20.7 Å². The minimum Gasteiger partial charge on any atom is -0.492 e. The lowest BCUT2D eigenvalue weighted by molar-refractivity contribution is -0.131. The second-order valence-electron chi connectivity index (χ2n) is 13.0. The number of aromatic nitrogens is 5. The third kappa shape index (κ3) is 9.79. The maximum absolute atomic E-state index is 13.6. The van der Waals surface area contributed by atoms with E-state index >= 15 is 0 Å². The van der Waals surface area contributed by atoms with Gasteiger partial charge in [0.15, 0.2) is 0 Å². The van der Waals surface area contributed by atoms with Crippen LogP contribution in [0.1, 0.15) is 84.6 Å². The molecule has 4 heterocycles. The van der Waals surface area contributed by atoms with Gasteiger partial charge in [-0.2, -0.15) is 5.10 Å². The Morgan fingerprint density at radius 1 is 1.08 bits per heavy atom. The fourth-order valence-corrected chi connectivity index (χ4v) is 5.77. The fourth-order valence-electron chi connectivity index (χ4n) is 5.54. The molecule has 264 valence electrons. The molecule has 2 aliphatic heterocycles. The fraction of sp³-hybridized carbons (Fsp3) is 0.545. The number of fused-ring (bicyclic) bond motifs is 17. The minimum atomic E-state index is -1.35. The van der Waals surface area contributed by atoms with Crippen molar-refractivity contribution in [3.05, 3.63) is 58.1 Å². The van der Waals surface area contributed by atoms with E-state index < -0.39 is 35.9 Å². The number of nitrogens with zero attached hydrogens (tertiary/aromatic N) is 5. The van der Waals surface area contributed by atoms with Crippen LogP contribution in [0.5, 0.6) is 5.75 Å². The van der Waals surface area contributed by atoms with Gasteiger partial charge in [0.05, 0.1) is 23.4 Å². The highest BCUT2D eigenvalue weighted by Gasteiger charge is 2.31. The molecular formula is C33H44ClN9O6. The first-order valence-corrected chi connectivity index (χ1v) is 17.1. The van der Waals surface area contributed by atoms with Crippen molar-refractivity contribution < 1.29 is 29.0 Å². The summed E-state index contributed by atoms with van der Waals surface area (Å²) in [5.74, 6) is -1.29. The number of aliphatic hydroxyl groups is 1. The Morgan fingerprint density at radius 2 is 1.88 bits per heavy atom. The van der Waals surface area contributed by atoms with Crippen molar-refractivity contribution in [2.45, 2.75) is 83.5 Å². The van der Waals surface area contributed by atoms with E-state index in [0.717, 1.165) is 18.5 Å². The molecule has 1 saturated carbocycles. The van der Waals surface area contributed by atoms with Crippen molar-refractivity contribution in [1.29, 1.82) is 0 Å². The van der Waals surface area contributed by atoms with E-state index in [1.54, 1.807) is 21.7 Å². The first kappa shape index (κ1) is 35.8. The van der Waals surface area contributed by atoms with Crippen molar-refractivity contribution in [1.82, 2.24) is 46.0 Å². The minimum absolute atomic E-state index is 0.0252. The number of hydrogen-bond donors (Lipinski definition) is 5. The normalized spacial score (nSPS) is 20.9. The zero-order valence-electron chi connectivity index (χ0n) is 27.9. The summed E-state index contributed by atoms with van der Waals surface area (Å²) in [7, 11) is 0. The Hall–Kier alpha value is -4.50. The number of aryl methyl sites for hydroxylation is 1. The van der Waals surface area contributed by atoms with E-state index in [4.69, 9.17) is 16.3 Å². The van der Waals surface area contributed by atoms with Gasteiger partial charge in [0.1, 0.15) is 23.5 Å². The van der Waals surface area contributed by atoms with Gasteiger partial charge < -0.3 is 30.7 Å². The highest BCUT2D eigenvalue weighted by Crippen LogP contribution is 2.39. The number of aromatic amines is 1. The Bertz CT molecular complexity index is 1640. The third-order valence-corrected chi connectivity index (χ3v) is 8.70. The SMILES string of the molecule is CC(C)C[C@H]1NC(=O)[C@H]([C@@H](C)O)NC(=O)c2ccc(c(Cl)c2)OCCCn2cc(nn2)CCN(C(=O)c2cc(C3CC3)[nH]n2)CCNC1=O. The van der Waals surface area contributed by atoms with Crippen LogP contribution in [0.4, 0.5) is 0 Å². The lowest BCUT2D eigenvalue weighted by atomic mass is 10.0. The number of hydrogen-bond acceptors (Lipinski definition) is 9. The number of benzene rings is 1. The summed E-state index contributed by atoms with van der Waals surface area (Å²) in [6, 6.07) is 3.97. The largest absolute Gasteiger partial charge is 0.492 e. The molecule has 0 unspecified atom stereocenters. The molecule has 3 atom stereocenters. The molecule has 6 rings (SSSR count). The number of aliphatic hydroxyl groups excluding tert-OH is 1. The summed E-state index contributed by atoms with van der Waals surface area (Å²) in [6.45, 7) is 6.63. The van der Waals surface area contributed by atoms with Crippen LogP contribution in [0.3, 0.4) is 0 Å². The Labute approximate surface area is 289 Å². The smallest absolute Gasteiger partial charge is 0.274 e. The summed E-state index contributed by atoms with van der Waals surface area (Å²) in [6.07, 6.45) is 3.99. The highest BCUT2D eigenvalue weighted by molar-refractivity contribution is 6.32. The van der Waals surface area contributed by atoms with Crippen LogP contribution in [0, 0.1) is 5.92 Å². The summed E-state index contributed by atoms with van der Waals surface area (Å²) in [5, 5.41) is 34.5. The van der Waals surface area contributed by atoms with Gasteiger partial charge in [0.25, 0.3) is 11.8 Å². The second kappa shape index (κ2) is 16.3. The van der Waals surface area contributed by atoms with E-state index in [1.165, 1.54) is 19.1 Å². The molecule has 3 aromatic rings. The van der Waals surface area contributed by atoms with Crippen molar-refractivity contribution in [2.75, 3.05) is 26.2 Å². The number of nitrogens with one attached hydrogen (secondary N) is 4. The summed E-state index contributed by atoms with van der Waals surface area (Å²) in [5.41, 5.74) is 2.10. The molecule has 0 spiro atoms. The lowest BCUT2D eigenvalue weighted by Crippen LogP contribution is -2.57. The first-order chi connectivity index (χ1) is 23.5. The average Bonchev–Trinajstić information content (AvgIpc) is 3.61. The first-order valence-electron chi connectivity index (χ1n) is 16.7. The van der Waals surface area contributed by atoms with Gasteiger partial charge in [-0.05, 0) is 56.4 Å². The van der Waals surface area contributed by atoms with Crippen LogP contribution in [0.25, 0.3) is 0 Å². The summed E-state index contributed by atoms with van der Waals surface area (Å²) >= 11 is 6.41. The maximum atomic E-state index is 13.6. The van der Waals surface area contributed by atoms with Crippen molar-refractivity contribution in [3.63, 3.8) is 0 Å². The van der Waals surface area contributed by atoms with Crippen LogP contribution in [0.15, 0.2) is 30.5 Å². The van der Waals surface area contributed by atoms with Gasteiger partial charge in [-0.3, -0.25) is 29.0 Å². The predicted molar refractivity (Wildman–Crippen MR) is 179 cm³/mol. The zero-order valence-corrected chi connectivity index (χ0v) is 28.7. The van der Waals surface area contributed by atoms with Gasteiger partial charge in [0.2, 0.25) is 11.8 Å². The van der Waals surface area contributed by atoms with Gasteiger partial charge in [-0.1, -0.05) is 30.7 Å². The zero-order chi connectivity index (χ0) is 35.1. The standard InChI is InChI=1S/C33H44ClN9O6/c1-19(2)15-26-31(46)35-10-13-42(33(48)27-17-25(39-40-27)21-5-6-21)12-9-23-18-43(41-38-23)11-4-14-49-28-8-7-22(16-24(28)34)30(45)37-29(20(3)44)32(47)36-26/h7-8,16-21,26,29,44H,4-6,9-15H2,1-3H3,(H,35,46)(H,36,47)(H,37,45)(H,39,40)/t20-,26-,29+/m1/s1. The average molecular weight is 698 g/mol. The summed E-state index contributed by atoms with van der Waals surface area (Å²) < 4.78 is 7.53. The summed E-state index contributed by atoms with van der Waals surface area (Å²) in [4.78, 5) is 55.1. The number of carbonyl (C=O) groups excluding carboxylic acids is 4. The second-order valence-corrected chi connectivity index (χ2v) is 13.4. The van der Waals surface area contributed by atoms with Crippen LogP contribution >= 0.6 is 11.6 Å². The Morgan fingerprint density at radius 3 is 2.59 bits per heavy atom. The molecule has 5 N–H and O–H groups in total. The Balaban J connectivity index is 1.36. The van der Waals surface area contributed by atoms with E-state index in [0.29, 0.717) is 62.0 Å². The molecule has 15 nitrogen and oxygen atoms in total. The van der Waals surface area contributed by atoms with Crippen LogP contribution in [-0.2, 0) is 22.6 Å². The number of halogens is 1. The molecule has 1 aliphatic carbocycles. The van der Waals surface area contributed by atoms with E-state index in [2.05, 4.69) is 36.5 Å².